The molecule has 1 aromatic carbocycles. The molecule has 0 atom stereocenters. The third-order valence-electron chi connectivity index (χ3n) is 2.91. The lowest BCUT2D eigenvalue weighted by atomic mass is 10.3. The van der Waals surface area contributed by atoms with E-state index in [1.54, 1.807) is 16.6 Å². The molecule has 4 nitrogen and oxygen atoms in total. The zero-order valence-corrected chi connectivity index (χ0v) is 12.3. The van der Waals surface area contributed by atoms with Crippen LogP contribution < -0.4 is 5.32 Å². The molecule has 2 heterocycles. The Hall–Kier alpha value is -1.78. The molecule has 0 unspecified atom stereocenters. The van der Waals surface area contributed by atoms with Gasteiger partial charge in [0, 0.05) is 36.3 Å². The number of aromatic nitrogens is 3. The molecule has 0 bridgehead atoms. The van der Waals surface area contributed by atoms with Crippen molar-refractivity contribution in [3.63, 3.8) is 0 Å². The second-order valence-electron chi connectivity index (χ2n) is 4.53. The standard InChI is InChI=1S/C14H12Cl2N4/c1-9-4-14-18-7-10(8-20(14)19-9)6-17-11-2-3-12(15)13(16)5-11/h2-5,7-8,17H,6H2,1H3. The lowest BCUT2D eigenvalue weighted by Gasteiger charge is -2.07. The van der Waals surface area contributed by atoms with Gasteiger partial charge < -0.3 is 5.32 Å². The van der Waals surface area contributed by atoms with Crippen molar-refractivity contribution < 1.29 is 0 Å². The van der Waals surface area contributed by atoms with Gasteiger partial charge in [0.05, 0.1) is 15.7 Å². The molecule has 6 heteroatoms. The van der Waals surface area contributed by atoms with Crippen LogP contribution in [-0.4, -0.2) is 14.6 Å². The smallest absolute Gasteiger partial charge is 0.155 e. The van der Waals surface area contributed by atoms with Crippen molar-refractivity contribution in [2.75, 3.05) is 5.32 Å². The highest BCUT2D eigenvalue weighted by Gasteiger charge is 2.02. The van der Waals surface area contributed by atoms with E-state index in [2.05, 4.69) is 15.4 Å². The molecule has 0 aliphatic heterocycles. The Bertz CT molecular complexity index is 767. The number of anilines is 1. The molecular weight excluding hydrogens is 295 g/mol. The van der Waals surface area contributed by atoms with Gasteiger partial charge in [0.15, 0.2) is 5.65 Å². The van der Waals surface area contributed by atoms with Crippen molar-refractivity contribution in [2.24, 2.45) is 0 Å². The van der Waals surface area contributed by atoms with Crippen LogP contribution in [-0.2, 0) is 6.54 Å². The number of halogens is 2. The molecule has 102 valence electrons. The van der Waals surface area contributed by atoms with Gasteiger partial charge in [-0.25, -0.2) is 9.50 Å². The molecule has 3 rings (SSSR count). The van der Waals surface area contributed by atoms with E-state index in [-0.39, 0.29) is 0 Å². The first kappa shape index (κ1) is 13.2. The van der Waals surface area contributed by atoms with Crippen LogP contribution in [0.15, 0.2) is 36.7 Å². The number of rotatable bonds is 3. The number of hydrogen-bond donors (Lipinski definition) is 1. The quantitative estimate of drug-likeness (QED) is 0.796. The Morgan fingerprint density at radius 2 is 2.05 bits per heavy atom. The largest absolute Gasteiger partial charge is 0.381 e. The van der Waals surface area contributed by atoms with E-state index in [1.807, 2.05) is 31.5 Å². The van der Waals surface area contributed by atoms with Gasteiger partial charge in [-0.2, -0.15) is 5.10 Å². The summed E-state index contributed by atoms with van der Waals surface area (Å²) in [6, 6.07) is 7.40. The predicted octanol–water partition coefficient (Wildman–Crippen LogP) is 3.96. The summed E-state index contributed by atoms with van der Waals surface area (Å²) in [5.74, 6) is 0. The second kappa shape index (κ2) is 5.31. The van der Waals surface area contributed by atoms with E-state index in [4.69, 9.17) is 23.2 Å². The molecule has 0 aliphatic carbocycles. The van der Waals surface area contributed by atoms with Gasteiger partial charge in [-0.3, -0.25) is 0 Å². The monoisotopic (exact) mass is 306 g/mol. The Morgan fingerprint density at radius 3 is 2.85 bits per heavy atom. The second-order valence-corrected chi connectivity index (χ2v) is 5.35. The molecule has 2 aromatic heterocycles. The lowest BCUT2D eigenvalue weighted by molar-refractivity contribution is 0.895. The minimum Gasteiger partial charge on any atom is -0.381 e. The van der Waals surface area contributed by atoms with Crippen LogP contribution in [0.25, 0.3) is 5.65 Å². The van der Waals surface area contributed by atoms with Crippen LogP contribution in [0.4, 0.5) is 5.69 Å². The first-order valence-corrected chi connectivity index (χ1v) is 6.87. The fourth-order valence-electron chi connectivity index (χ4n) is 1.94. The fraction of sp³-hybridized carbons (Fsp3) is 0.143. The summed E-state index contributed by atoms with van der Waals surface area (Å²) < 4.78 is 1.78. The van der Waals surface area contributed by atoms with Crippen molar-refractivity contribution in [1.82, 2.24) is 14.6 Å². The average Bonchev–Trinajstić information content (AvgIpc) is 2.79. The van der Waals surface area contributed by atoms with Gasteiger partial charge in [0.2, 0.25) is 0 Å². The number of nitrogens with zero attached hydrogens (tertiary/aromatic N) is 3. The van der Waals surface area contributed by atoms with Crippen molar-refractivity contribution in [3.05, 3.63) is 58.0 Å². The van der Waals surface area contributed by atoms with E-state index in [9.17, 15) is 0 Å². The van der Waals surface area contributed by atoms with Gasteiger partial charge in [0.25, 0.3) is 0 Å². The maximum Gasteiger partial charge on any atom is 0.155 e. The lowest BCUT2D eigenvalue weighted by Crippen LogP contribution is -2.02. The number of nitrogens with one attached hydrogen (secondary N) is 1. The minimum absolute atomic E-state index is 0.535. The summed E-state index contributed by atoms with van der Waals surface area (Å²) in [6.45, 7) is 2.59. The van der Waals surface area contributed by atoms with Crippen LogP contribution >= 0.6 is 23.2 Å². The third-order valence-corrected chi connectivity index (χ3v) is 3.64. The molecule has 0 fully saturated rings. The molecule has 20 heavy (non-hydrogen) atoms. The first-order chi connectivity index (χ1) is 9.61. The highest BCUT2D eigenvalue weighted by molar-refractivity contribution is 6.42. The number of fused-ring (bicyclic) bond motifs is 1. The topological polar surface area (TPSA) is 42.2 Å². The molecule has 0 saturated carbocycles. The van der Waals surface area contributed by atoms with Gasteiger partial charge in [-0.1, -0.05) is 23.2 Å². The van der Waals surface area contributed by atoms with Crippen molar-refractivity contribution in [3.8, 4) is 0 Å². The first-order valence-electron chi connectivity index (χ1n) is 6.12. The molecule has 0 radical (unpaired) electrons. The van der Waals surface area contributed by atoms with Gasteiger partial charge >= 0.3 is 0 Å². The highest BCUT2D eigenvalue weighted by atomic mass is 35.5. The maximum atomic E-state index is 5.98. The molecule has 3 aromatic rings. The van der Waals surface area contributed by atoms with Crippen molar-refractivity contribution in [1.29, 1.82) is 0 Å². The maximum absolute atomic E-state index is 5.98. The predicted molar refractivity (Wildman–Crippen MR) is 81.5 cm³/mol. The van der Waals surface area contributed by atoms with E-state index < -0.39 is 0 Å². The minimum atomic E-state index is 0.535. The van der Waals surface area contributed by atoms with E-state index in [1.165, 1.54) is 0 Å². The molecule has 1 N–H and O–H groups in total. The number of benzene rings is 1. The third kappa shape index (κ3) is 2.71. The van der Waals surface area contributed by atoms with Crippen LogP contribution in [0.1, 0.15) is 11.3 Å². The highest BCUT2D eigenvalue weighted by Crippen LogP contribution is 2.25. The molecule has 0 amide bonds. The van der Waals surface area contributed by atoms with Crippen molar-refractivity contribution in [2.45, 2.75) is 13.5 Å². The Morgan fingerprint density at radius 1 is 1.20 bits per heavy atom. The zero-order valence-electron chi connectivity index (χ0n) is 10.8. The van der Waals surface area contributed by atoms with Crippen LogP contribution in [0.5, 0.6) is 0 Å². The van der Waals surface area contributed by atoms with Crippen LogP contribution in [0.3, 0.4) is 0 Å². The Kier molecular flexibility index (Phi) is 3.51. The van der Waals surface area contributed by atoms with Gasteiger partial charge in [-0.05, 0) is 25.1 Å². The Labute approximate surface area is 126 Å². The van der Waals surface area contributed by atoms with Crippen LogP contribution in [0.2, 0.25) is 10.0 Å². The zero-order chi connectivity index (χ0) is 14.1. The normalized spacial score (nSPS) is 10.9. The van der Waals surface area contributed by atoms with Gasteiger partial charge in [-0.15, -0.1) is 0 Å². The summed E-state index contributed by atoms with van der Waals surface area (Å²) in [5.41, 5.74) is 3.75. The summed E-state index contributed by atoms with van der Waals surface area (Å²) in [7, 11) is 0. The van der Waals surface area contributed by atoms with E-state index in [0.29, 0.717) is 16.6 Å². The molecular formula is C14H12Cl2N4. The number of aryl methyl sites for hydroxylation is 1. The Balaban J connectivity index is 1.77. The number of hydrogen-bond acceptors (Lipinski definition) is 3. The van der Waals surface area contributed by atoms with Crippen LogP contribution in [0, 0.1) is 6.92 Å². The van der Waals surface area contributed by atoms with E-state index >= 15 is 0 Å². The molecule has 0 spiro atoms. The molecule has 0 saturated heterocycles. The SMILES string of the molecule is Cc1cc2ncc(CNc3ccc(Cl)c(Cl)c3)cn2n1. The molecule has 0 aliphatic rings. The summed E-state index contributed by atoms with van der Waals surface area (Å²) in [4.78, 5) is 4.36. The summed E-state index contributed by atoms with van der Waals surface area (Å²) in [5, 5.41) is 8.70. The van der Waals surface area contributed by atoms with Crippen molar-refractivity contribution >= 4 is 34.5 Å². The fourth-order valence-corrected chi connectivity index (χ4v) is 2.23. The van der Waals surface area contributed by atoms with Gasteiger partial charge in [0.1, 0.15) is 0 Å². The summed E-state index contributed by atoms with van der Waals surface area (Å²) in [6.07, 6.45) is 3.79. The van der Waals surface area contributed by atoms with E-state index in [0.717, 1.165) is 22.6 Å². The summed E-state index contributed by atoms with van der Waals surface area (Å²) >= 11 is 11.9. The average molecular weight is 307 g/mol.